The topological polar surface area (TPSA) is 88.6 Å². The van der Waals surface area contributed by atoms with E-state index in [-0.39, 0.29) is 5.56 Å². The Labute approximate surface area is 127 Å². The summed E-state index contributed by atoms with van der Waals surface area (Å²) in [5, 5.41) is 21.1. The Hall–Kier alpha value is -1.99. The number of rotatable bonds is 3. The van der Waals surface area contributed by atoms with Crippen LogP contribution in [0.2, 0.25) is 5.02 Å². The number of halogens is 2. The molecule has 1 aromatic heterocycles. The van der Waals surface area contributed by atoms with Gasteiger partial charge in [0.25, 0.3) is 0 Å². The fraction of sp³-hybridized carbons (Fsp3) is 0. The van der Waals surface area contributed by atoms with E-state index in [1.807, 2.05) is 0 Å². The van der Waals surface area contributed by atoms with Crippen molar-refractivity contribution < 1.29 is 10.0 Å². The minimum Gasteiger partial charge on any atom is -0.502 e. The van der Waals surface area contributed by atoms with Gasteiger partial charge in [-0.15, -0.1) is 0 Å². The Morgan fingerprint density at radius 2 is 2.20 bits per heavy atom. The molecular formula is C12H7BrClN3O3. The smallest absolute Gasteiger partial charge is 0.312 e. The van der Waals surface area contributed by atoms with Crippen molar-refractivity contribution in [3.8, 4) is 5.75 Å². The third kappa shape index (κ3) is 3.31. The molecule has 0 spiro atoms. The molecule has 0 unspecified atom stereocenters. The minimum atomic E-state index is -0.669. The molecule has 0 radical (unpaired) electrons. The van der Waals surface area contributed by atoms with E-state index in [0.29, 0.717) is 15.3 Å². The van der Waals surface area contributed by atoms with Crippen molar-refractivity contribution in [1.29, 1.82) is 0 Å². The number of aromatic nitrogens is 1. The van der Waals surface area contributed by atoms with Gasteiger partial charge in [-0.3, -0.25) is 10.1 Å². The molecule has 20 heavy (non-hydrogen) atoms. The summed E-state index contributed by atoms with van der Waals surface area (Å²) < 4.78 is 0.465. The summed E-state index contributed by atoms with van der Waals surface area (Å²) >= 11 is 8.84. The maximum Gasteiger partial charge on any atom is 0.312 e. The predicted molar refractivity (Wildman–Crippen MR) is 79.0 cm³/mol. The molecular weight excluding hydrogens is 350 g/mol. The van der Waals surface area contributed by atoms with Crippen molar-refractivity contribution in [2.24, 2.45) is 4.99 Å². The second-order valence-electron chi connectivity index (χ2n) is 3.71. The first-order chi connectivity index (χ1) is 9.47. The second-order valence-corrected chi connectivity index (χ2v) is 5.06. The number of nitro benzene ring substituents is 1. The van der Waals surface area contributed by atoms with Crippen molar-refractivity contribution in [1.82, 2.24) is 4.98 Å². The molecule has 0 bridgehead atoms. The Morgan fingerprint density at radius 1 is 1.45 bits per heavy atom. The quantitative estimate of drug-likeness (QED) is 0.514. The molecule has 1 aromatic carbocycles. The molecule has 8 heteroatoms. The highest BCUT2D eigenvalue weighted by atomic mass is 79.9. The summed E-state index contributed by atoms with van der Waals surface area (Å²) in [5.41, 5.74) is -0.187. The lowest BCUT2D eigenvalue weighted by Gasteiger charge is -2.01. The summed E-state index contributed by atoms with van der Waals surface area (Å²) in [5.74, 6) is -0.0765. The third-order valence-corrected chi connectivity index (χ3v) is 3.01. The standard InChI is InChI=1S/C12H7BrClN3O3/c13-8-3-7(12(18)10(4-8)17(19)20)5-15-11-2-1-9(14)6-16-11/h1-6,18H. The van der Waals surface area contributed by atoms with E-state index in [2.05, 4.69) is 25.9 Å². The Kier molecular flexibility index (Phi) is 4.31. The minimum absolute atomic E-state index is 0.211. The van der Waals surface area contributed by atoms with Crippen LogP contribution in [0.25, 0.3) is 0 Å². The summed E-state index contributed by atoms with van der Waals surface area (Å²) in [6.45, 7) is 0. The van der Waals surface area contributed by atoms with E-state index in [1.165, 1.54) is 24.5 Å². The summed E-state index contributed by atoms with van der Waals surface area (Å²) in [6.07, 6.45) is 2.72. The van der Waals surface area contributed by atoms with Crippen LogP contribution >= 0.6 is 27.5 Å². The molecule has 0 aliphatic carbocycles. The van der Waals surface area contributed by atoms with Crippen LogP contribution in [0.1, 0.15) is 5.56 Å². The van der Waals surface area contributed by atoms with Crippen LogP contribution in [-0.2, 0) is 0 Å². The van der Waals surface area contributed by atoms with Crippen molar-refractivity contribution in [2.75, 3.05) is 0 Å². The van der Waals surface area contributed by atoms with Crippen LogP contribution in [0.5, 0.6) is 5.75 Å². The van der Waals surface area contributed by atoms with Gasteiger partial charge in [0.05, 0.1) is 9.95 Å². The lowest BCUT2D eigenvalue weighted by Crippen LogP contribution is -1.92. The average molecular weight is 357 g/mol. The van der Waals surface area contributed by atoms with Gasteiger partial charge in [0, 0.05) is 28.5 Å². The molecule has 1 heterocycles. The monoisotopic (exact) mass is 355 g/mol. The number of nitrogens with zero attached hydrogens (tertiary/aromatic N) is 3. The average Bonchev–Trinajstić information content (AvgIpc) is 2.41. The number of benzene rings is 1. The fourth-order valence-electron chi connectivity index (χ4n) is 1.42. The zero-order valence-electron chi connectivity index (χ0n) is 9.83. The summed E-state index contributed by atoms with van der Waals surface area (Å²) in [6, 6.07) is 5.93. The summed E-state index contributed by atoms with van der Waals surface area (Å²) in [7, 11) is 0. The van der Waals surface area contributed by atoms with E-state index in [0.717, 1.165) is 0 Å². The van der Waals surface area contributed by atoms with Crippen LogP contribution < -0.4 is 0 Å². The number of aromatic hydroxyl groups is 1. The van der Waals surface area contributed by atoms with Crippen LogP contribution in [0.4, 0.5) is 11.5 Å². The van der Waals surface area contributed by atoms with Gasteiger partial charge < -0.3 is 5.11 Å². The van der Waals surface area contributed by atoms with Crippen LogP contribution in [0, 0.1) is 10.1 Å². The van der Waals surface area contributed by atoms with Crippen molar-refractivity contribution in [3.05, 3.63) is 55.6 Å². The van der Waals surface area contributed by atoms with Gasteiger partial charge in [0.15, 0.2) is 5.82 Å². The van der Waals surface area contributed by atoms with E-state index in [1.54, 1.807) is 12.1 Å². The first-order valence-corrected chi connectivity index (χ1v) is 6.47. The Bertz CT molecular complexity index is 689. The highest BCUT2D eigenvalue weighted by molar-refractivity contribution is 9.10. The van der Waals surface area contributed by atoms with Gasteiger partial charge in [0.2, 0.25) is 5.75 Å². The number of phenols is 1. The fourth-order valence-corrected chi connectivity index (χ4v) is 2.00. The molecule has 102 valence electrons. The van der Waals surface area contributed by atoms with E-state index < -0.39 is 16.4 Å². The number of pyridine rings is 1. The lowest BCUT2D eigenvalue weighted by molar-refractivity contribution is -0.385. The van der Waals surface area contributed by atoms with Crippen molar-refractivity contribution in [2.45, 2.75) is 0 Å². The predicted octanol–water partition coefficient (Wildman–Crippen LogP) is 3.86. The van der Waals surface area contributed by atoms with E-state index >= 15 is 0 Å². The SMILES string of the molecule is O=[N+]([O-])c1cc(Br)cc(C=Nc2ccc(Cl)cn2)c1O. The largest absolute Gasteiger partial charge is 0.502 e. The molecule has 6 nitrogen and oxygen atoms in total. The maximum absolute atomic E-state index is 10.8. The van der Waals surface area contributed by atoms with Crippen LogP contribution in [-0.4, -0.2) is 21.2 Å². The number of nitro groups is 1. The number of hydrogen-bond donors (Lipinski definition) is 1. The van der Waals surface area contributed by atoms with Gasteiger partial charge in [-0.25, -0.2) is 9.98 Å². The molecule has 0 aliphatic rings. The number of phenolic OH excluding ortho intramolecular Hbond substituents is 1. The van der Waals surface area contributed by atoms with Crippen molar-refractivity contribution in [3.63, 3.8) is 0 Å². The number of hydrogen-bond acceptors (Lipinski definition) is 5. The van der Waals surface area contributed by atoms with Gasteiger partial charge in [-0.2, -0.15) is 0 Å². The maximum atomic E-state index is 10.8. The van der Waals surface area contributed by atoms with Gasteiger partial charge in [-0.05, 0) is 18.2 Å². The molecule has 0 atom stereocenters. The molecule has 0 saturated heterocycles. The highest BCUT2D eigenvalue weighted by Gasteiger charge is 2.17. The molecule has 0 saturated carbocycles. The first kappa shape index (κ1) is 14.4. The van der Waals surface area contributed by atoms with Gasteiger partial charge in [0.1, 0.15) is 0 Å². The van der Waals surface area contributed by atoms with Gasteiger partial charge >= 0.3 is 5.69 Å². The summed E-state index contributed by atoms with van der Waals surface area (Å²) in [4.78, 5) is 18.1. The highest BCUT2D eigenvalue weighted by Crippen LogP contribution is 2.32. The third-order valence-electron chi connectivity index (χ3n) is 2.33. The van der Waals surface area contributed by atoms with Crippen LogP contribution in [0.3, 0.4) is 0 Å². The lowest BCUT2D eigenvalue weighted by atomic mass is 10.2. The zero-order valence-corrected chi connectivity index (χ0v) is 12.2. The Balaban J connectivity index is 2.38. The molecule has 0 amide bonds. The molecule has 0 fully saturated rings. The molecule has 1 N–H and O–H groups in total. The van der Waals surface area contributed by atoms with Crippen molar-refractivity contribution >= 4 is 45.3 Å². The van der Waals surface area contributed by atoms with E-state index in [4.69, 9.17) is 11.6 Å². The first-order valence-electron chi connectivity index (χ1n) is 5.30. The second kappa shape index (κ2) is 5.98. The number of aliphatic imine (C=N–C) groups is 1. The normalized spacial score (nSPS) is 10.9. The van der Waals surface area contributed by atoms with Crippen LogP contribution in [0.15, 0.2) is 39.9 Å². The molecule has 0 aliphatic heterocycles. The molecule has 2 aromatic rings. The van der Waals surface area contributed by atoms with Gasteiger partial charge in [-0.1, -0.05) is 27.5 Å². The zero-order chi connectivity index (χ0) is 14.7. The molecule has 2 rings (SSSR count). The van der Waals surface area contributed by atoms with E-state index in [9.17, 15) is 15.2 Å². The Morgan fingerprint density at radius 3 is 2.80 bits per heavy atom.